The van der Waals surface area contributed by atoms with Crippen LogP contribution in [0.3, 0.4) is 0 Å². The molecule has 25 heavy (non-hydrogen) atoms. The molecule has 0 amide bonds. The number of fused-ring (bicyclic) bond motifs is 1. The van der Waals surface area contributed by atoms with Gasteiger partial charge in [0.2, 0.25) is 5.95 Å². The summed E-state index contributed by atoms with van der Waals surface area (Å²) in [6, 6.07) is 18.3. The number of aryl methyl sites for hydroxylation is 2. The molecule has 2 heterocycles. The van der Waals surface area contributed by atoms with Crippen molar-refractivity contribution >= 4 is 22.5 Å². The standard InChI is InChI=1S/C21H18N4/c1-14-7-8-15(2)20(13-14)25-21-23-12-10-19(24-21)17-9-11-22-18-6-4-3-5-16(17)18/h3-13H,1-2H3,(H,23,24,25). The second-order valence-corrected chi connectivity index (χ2v) is 6.08. The summed E-state index contributed by atoms with van der Waals surface area (Å²) in [4.78, 5) is 13.5. The molecule has 122 valence electrons. The van der Waals surface area contributed by atoms with Gasteiger partial charge in [-0.1, -0.05) is 30.3 Å². The van der Waals surface area contributed by atoms with E-state index in [1.54, 1.807) is 6.20 Å². The molecule has 4 rings (SSSR count). The molecule has 0 aliphatic rings. The maximum atomic E-state index is 4.71. The monoisotopic (exact) mass is 326 g/mol. The number of hydrogen-bond donors (Lipinski definition) is 1. The first-order valence-electron chi connectivity index (χ1n) is 8.22. The second kappa shape index (κ2) is 6.32. The maximum Gasteiger partial charge on any atom is 0.227 e. The molecule has 0 bridgehead atoms. The van der Waals surface area contributed by atoms with Gasteiger partial charge in [0, 0.05) is 29.0 Å². The van der Waals surface area contributed by atoms with Crippen molar-refractivity contribution in [3.8, 4) is 11.3 Å². The Morgan fingerprint density at radius 1 is 0.840 bits per heavy atom. The van der Waals surface area contributed by atoms with E-state index in [0.29, 0.717) is 5.95 Å². The van der Waals surface area contributed by atoms with Crippen molar-refractivity contribution in [2.75, 3.05) is 5.32 Å². The number of benzene rings is 2. The molecule has 0 fully saturated rings. The van der Waals surface area contributed by atoms with Gasteiger partial charge in [-0.2, -0.15) is 0 Å². The molecule has 0 saturated heterocycles. The van der Waals surface area contributed by atoms with Crippen LogP contribution in [-0.2, 0) is 0 Å². The first-order valence-corrected chi connectivity index (χ1v) is 8.22. The van der Waals surface area contributed by atoms with Crippen LogP contribution in [0.4, 0.5) is 11.6 Å². The molecule has 4 nitrogen and oxygen atoms in total. The molecule has 0 unspecified atom stereocenters. The molecule has 1 N–H and O–H groups in total. The first-order chi connectivity index (χ1) is 12.2. The highest BCUT2D eigenvalue weighted by Crippen LogP contribution is 2.27. The lowest BCUT2D eigenvalue weighted by atomic mass is 10.1. The highest BCUT2D eigenvalue weighted by molar-refractivity contribution is 5.93. The molecule has 4 heteroatoms. The third-order valence-electron chi connectivity index (χ3n) is 4.22. The third kappa shape index (κ3) is 3.06. The topological polar surface area (TPSA) is 50.7 Å². The number of pyridine rings is 1. The van der Waals surface area contributed by atoms with Gasteiger partial charge in [-0.3, -0.25) is 4.98 Å². The Bertz CT molecular complexity index is 1050. The summed E-state index contributed by atoms with van der Waals surface area (Å²) in [5, 5.41) is 4.42. The van der Waals surface area contributed by atoms with Crippen LogP contribution in [0.1, 0.15) is 11.1 Å². The van der Waals surface area contributed by atoms with Crippen molar-refractivity contribution < 1.29 is 0 Å². The lowest BCUT2D eigenvalue weighted by Crippen LogP contribution is -2.00. The molecule has 4 aromatic rings. The molecule has 2 aromatic carbocycles. The van der Waals surface area contributed by atoms with Crippen molar-refractivity contribution in [1.82, 2.24) is 15.0 Å². The maximum absolute atomic E-state index is 4.71. The number of rotatable bonds is 3. The lowest BCUT2D eigenvalue weighted by molar-refractivity contribution is 1.16. The summed E-state index contributed by atoms with van der Waals surface area (Å²) < 4.78 is 0. The van der Waals surface area contributed by atoms with Crippen molar-refractivity contribution in [1.29, 1.82) is 0 Å². The number of nitrogens with zero attached hydrogens (tertiary/aromatic N) is 3. The van der Waals surface area contributed by atoms with Gasteiger partial charge >= 0.3 is 0 Å². The lowest BCUT2D eigenvalue weighted by Gasteiger charge is -2.11. The zero-order valence-electron chi connectivity index (χ0n) is 14.2. The van der Waals surface area contributed by atoms with Crippen LogP contribution in [0.2, 0.25) is 0 Å². The Balaban J connectivity index is 1.75. The van der Waals surface area contributed by atoms with Crippen LogP contribution in [0.25, 0.3) is 22.2 Å². The molecule has 0 atom stereocenters. The highest BCUT2D eigenvalue weighted by atomic mass is 15.1. The van der Waals surface area contributed by atoms with E-state index in [9.17, 15) is 0 Å². The van der Waals surface area contributed by atoms with Crippen LogP contribution in [0.15, 0.2) is 67.0 Å². The second-order valence-electron chi connectivity index (χ2n) is 6.08. The van der Waals surface area contributed by atoms with Crippen LogP contribution in [-0.4, -0.2) is 15.0 Å². The zero-order valence-corrected chi connectivity index (χ0v) is 14.2. The van der Waals surface area contributed by atoms with Crippen molar-refractivity contribution in [2.24, 2.45) is 0 Å². The molecular formula is C21H18N4. The third-order valence-corrected chi connectivity index (χ3v) is 4.22. The molecule has 0 spiro atoms. The van der Waals surface area contributed by atoms with Gasteiger partial charge in [-0.15, -0.1) is 0 Å². The molecule has 0 aliphatic heterocycles. The Kier molecular flexibility index (Phi) is 3.86. The van der Waals surface area contributed by atoms with E-state index in [1.165, 1.54) is 5.56 Å². The van der Waals surface area contributed by atoms with Crippen molar-refractivity contribution in [3.05, 3.63) is 78.1 Å². The predicted octanol–water partition coefficient (Wildman–Crippen LogP) is 5.05. The Labute approximate surface area is 146 Å². The fraction of sp³-hybridized carbons (Fsp3) is 0.0952. The van der Waals surface area contributed by atoms with E-state index in [-0.39, 0.29) is 0 Å². The Morgan fingerprint density at radius 2 is 1.68 bits per heavy atom. The number of nitrogens with one attached hydrogen (secondary N) is 1. The van der Waals surface area contributed by atoms with Gasteiger partial charge < -0.3 is 5.32 Å². The number of hydrogen-bond acceptors (Lipinski definition) is 4. The average molecular weight is 326 g/mol. The number of para-hydroxylation sites is 1. The fourth-order valence-electron chi connectivity index (χ4n) is 2.88. The molecule has 0 saturated carbocycles. The number of aromatic nitrogens is 3. The number of anilines is 2. The van der Waals surface area contributed by atoms with Gasteiger partial charge in [0.15, 0.2) is 0 Å². The predicted molar refractivity (Wildman–Crippen MR) is 102 cm³/mol. The fourth-order valence-corrected chi connectivity index (χ4v) is 2.88. The molecule has 2 aromatic heterocycles. The SMILES string of the molecule is Cc1ccc(C)c(Nc2nccc(-c3ccnc4ccccc34)n2)c1. The summed E-state index contributed by atoms with van der Waals surface area (Å²) in [6.45, 7) is 4.15. The summed E-state index contributed by atoms with van der Waals surface area (Å²) in [5.74, 6) is 0.590. The molecule has 0 radical (unpaired) electrons. The summed E-state index contributed by atoms with van der Waals surface area (Å²) in [7, 11) is 0. The summed E-state index contributed by atoms with van der Waals surface area (Å²) in [6.07, 6.45) is 3.60. The van der Waals surface area contributed by atoms with E-state index in [2.05, 4.69) is 53.4 Å². The van der Waals surface area contributed by atoms with E-state index in [4.69, 9.17) is 4.98 Å². The van der Waals surface area contributed by atoms with Gasteiger partial charge in [0.25, 0.3) is 0 Å². The normalized spacial score (nSPS) is 10.8. The van der Waals surface area contributed by atoms with Crippen LogP contribution < -0.4 is 5.32 Å². The summed E-state index contributed by atoms with van der Waals surface area (Å²) in [5.41, 5.74) is 6.27. The van der Waals surface area contributed by atoms with Crippen LogP contribution >= 0.6 is 0 Å². The van der Waals surface area contributed by atoms with E-state index in [1.807, 2.05) is 36.5 Å². The van der Waals surface area contributed by atoms with E-state index in [0.717, 1.165) is 33.4 Å². The van der Waals surface area contributed by atoms with Crippen LogP contribution in [0.5, 0.6) is 0 Å². The minimum Gasteiger partial charge on any atom is -0.324 e. The smallest absolute Gasteiger partial charge is 0.227 e. The Morgan fingerprint density at radius 3 is 2.60 bits per heavy atom. The molecule has 0 aliphatic carbocycles. The summed E-state index contributed by atoms with van der Waals surface area (Å²) >= 11 is 0. The van der Waals surface area contributed by atoms with Crippen molar-refractivity contribution in [3.63, 3.8) is 0 Å². The quantitative estimate of drug-likeness (QED) is 0.572. The van der Waals surface area contributed by atoms with Crippen molar-refractivity contribution in [2.45, 2.75) is 13.8 Å². The largest absolute Gasteiger partial charge is 0.324 e. The van der Waals surface area contributed by atoms with Crippen LogP contribution in [0, 0.1) is 13.8 Å². The Hall–Kier alpha value is -3.27. The minimum absolute atomic E-state index is 0.590. The minimum atomic E-state index is 0.590. The van der Waals surface area contributed by atoms with E-state index < -0.39 is 0 Å². The van der Waals surface area contributed by atoms with Gasteiger partial charge in [-0.25, -0.2) is 9.97 Å². The van der Waals surface area contributed by atoms with Gasteiger partial charge in [0.05, 0.1) is 11.2 Å². The zero-order chi connectivity index (χ0) is 17.2. The highest BCUT2D eigenvalue weighted by Gasteiger charge is 2.08. The van der Waals surface area contributed by atoms with E-state index >= 15 is 0 Å². The van der Waals surface area contributed by atoms with Gasteiger partial charge in [-0.05, 0) is 49.2 Å². The first kappa shape index (κ1) is 15.3. The average Bonchev–Trinajstić information content (AvgIpc) is 2.64. The molecular weight excluding hydrogens is 308 g/mol. The van der Waals surface area contributed by atoms with Gasteiger partial charge in [0.1, 0.15) is 0 Å².